The fourth-order valence-corrected chi connectivity index (χ4v) is 4.53. The van der Waals surface area contributed by atoms with Crippen molar-refractivity contribution in [2.24, 2.45) is 0 Å². The number of piperazine rings is 1. The minimum Gasteiger partial charge on any atom is -0.345 e. The molecule has 1 N–H and O–H groups in total. The molecule has 4 rings (SSSR count). The van der Waals surface area contributed by atoms with Crippen LogP contribution in [0.1, 0.15) is 40.8 Å². The molecule has 2 fully saturated rings. The molecule has 156 valence electrons. The number of hydrogen-bond acceptors (Lipinski definition) is 7. The van der Waals surface area contributed by atoms with Crippen molar-refractivity contribution in [1.29, 1.82) is 0 Å². The van der Waals surface area contributed by atoms with E-state index in [2.05, 4.69) is 30.9 Å². The monoisotopic (exact) mass is 447 g/mol. The molecule has 28 heavy (non-hydrogen) atoms. The molecule has 0 atom stereocenters. The molecule has 0 aromatic carbocycles. The minimum absolute atomic E-state index is 0. The maximum absolute atomic E-state index is 12.9. The number of aromatic nitrogens is 4. The SMILES string of the molecule is Cc1csc(N2CCN(C(=O)c3nnn(C4CCNCC4)c3C)CC2)n1.Cl.Cl. The van der Waals surface area contributed by atoms with Crippen molar-refractivity contribution in [1.82, 2.24) is 30.2 Å². The van der Waals surface area contributed by atoms with Crippen LogP contribution in [0.4, 0.5) is 5.13 Å². The molecule has 2 aliphatic rings. The summed E-state index contributed by atoms with van der Waals surface area (Å²) < 4.78 is 1.95. The fraction of sp³-hybridized carbons (Fsp3) is 0.647. The van der Waals surface area contributed by atoms with Gasteiger partial charge >= 0.3 is 0 Å². The first-order valence-corrected chi connectivity index (χ1v) is 10.1. The van der Waals surface area contributed by atoms with Crippen molar-refractivity contribution in [2.75, 3.05) is 44.2 Å². The van der Waals surface area contributed by atoms with Gasteiger partial charge in [-0.3, -0.25) is 4.79 Å². The van der Waals surface area contributed by atoms with Crippen LogP contribution in [0.3, 0.4) is 0 Å². The van der Waals surface area contributed by atoms with Gasteiger partial charge in [0.25, 0.3) is 5.91 Å². The molecular formula is C17H27Cl2N7OS. The molecule has 2 aromatic rings. The van der Waals surface area contributed by atoms with Crippen LogP contribution in [0.15, 0.2) is 5.38 Å². The van der Waals surface area contributed by atoms with Gasteiger partial charge < -0.3 is 15.1 Å². The average molecular weight is 448 g/mol. The number of carbonyl (C=O) groups is 1. The van der Waals surface area contributed by atoms with E-state index < -0.39 is 0 Å². The van der Waals surface area contributed by atoms with Gasteiger partial charge in [-0.1, -0.05) is 5.21 Å². The molecule has 2 aliphatic heterocycles. The van der Waals surface area contributed by atoms with E-state index in [-0.39, 0.29) is 30.7 Å². The van der Waals surface area contributed by atoms with Crippen LogP contribution < -0.4 is 10.2 Å². The molecule has 4 heterocycles. The lowest BCUT2D eigenvalue weighted by molar-refractivity contribution is 0.0740. The highest BCUT2D eigenvalue weighted by Crippen LogP contribution is 2.23. The van der Waals surface area contributed by atoms with Crippen molar-refractivity contribution >= 4 is 47.2 Å². The van der Waals surface area contributed by atoms with E-state index >= 15 is 0 Å². The van der Waals surface area contributed by atoms with Crippen LogP contribution in [0.5, 0.6) is 0 Å². The Balaban J connectivity index is 0.00000140. The number of amides is 1. The van der Waals surface area contributed by atoms with E-state index in [1.165, 1.54) is 0 Å². The third kappa shape index (κ3) is 4.59. The summed E-state index contributed by atoms with van der Waals surface area (Å²) in [6.07, 6.45) is 2.06. The van der Waals surface area contributed by atoms with Crippen LogP contribution in [-0.4, -0.2) is 70.1 Å². The first-order valence-electron chi connectivity index (χ1n) is 9.22. The van der Waals surface area contributed by atoms with Crippen LogP contribution in [0.25, 0.3) is 0 Å². The Bertz CT molecular complexity index is 782. The molecule has 0 spiro atoms. The van der Waals surface area contributed by atoms with Crippen molar-refractivity contribution in [2.45, 2.75) is 32.7 Å². The molecule has 0 bridgehead atoms. The van der Waals surface area contributed by atoms with Gasteiger partial charge in [-0.15, -0.1) is 41.2 Å². The molecule has 11 heteroatoms. The highest BCUT2D eigenvalue weighted by Gasteiger charge is 2.28. The Morgan fingerprint density at radius 1 is 1.14 bits per heavy atom. The van der Waals surface area contributed by atoms with Gasteiger partial charge in [0, 0.05) is 31.6 Å². The standard InChI is InChI=1S/C17H25N7OS.2ClH/c1-12-11-26-17(19-12)23-9-7-22(8-10-23)16(25)15-13(2)24(21-20-15)14-3-5-18-6-4-14;;/h11,14,18H,3-10H2,1-2H3;2*1H. The van der Waals surface area contributed by atoms with Gasteiger partial charge in [0.1, 0.15) is 0 Å². The second-order valence-electron chi connectivity index (χ2n) is 7.00. The quantitative estimate of drug-likeness (QED) is 0.775. The molecular weight excluding hydrogens is 421 g/mol. The summed E-state index contributed by atoms with van der Waals surface area (Å²) in [7, 11) is 0. The molecule has 0 saturated carbocycles. The number of halogens is 2. The van der Waals surface area contributed by atoms with Gasteiger partial charge in [0.2, 0.25) is 0 Å². The van der Waals surface area contributed by atoms with Gasteiger partial charge in [0.15, 0.2) is 10.8 Å². The number of aryl methyl sites for hydroxylation is 1. The molecule has 1 amide bonds. The van der Waals surface area contributed by atoms with Crippen LogP contribution in [0.2, 0.25) is 0 Å². The van der Waals surface area contributed by atoms with Gasteiger partial charge in [-0.2, -0.15) is 0 Å². The van der Waals surface area contributed by atoms with Crippen LogP contribution in [0, 0.1) is 13.8 Å². The molecule has 0 unspecified atom stereocenters. The van der Waals surface area contributed by atoms with E-state index in [0.717, 1.165) is 55.5 Å². The van der Waals surface area contributed by atoms with Gasteiger partial charge in [-0.05, 0) is 39.8 Å². The molecule has 2 aromatic heterocycles. The Kier molecular flexibility index (Phi) is 8.06. The lowest BCUT2D eigenvalue weighted by atomic mass is 10.1. The lowest BCUT2D eigenvalue weighted by Crippen LogP contribution is -2.49. The van der Waals surface area contributed by atoms with Crippen molar-refractivity contribution < 1.29 is 4.79 Å². The van der Waals surface area contributed by atoms with E-state index in [0.29, 0.717) is 24.8 Å². The normalized spacial score (nSPS) is 17.8. The second-order valence-corrected chi connectivity index (χ2v) is 7.84. The Morgan fingerprint density at radius 3 is 2.43 bits per heavy atom. The van der Waals surface area contributed by atoms with Crippen molar-refractivity contribution in [3.05, 3.63) is 22.5 Å². The predicted molar refractivity (Wildman–Crippen MR) is 115 cm³/mol. The number of nitrogens with zero attached hydrogens (tertiary/aromatic N) is 6. The number of nitrogens with one attached hydrogen (secondary N) is 1. The summed E-state index contributed by atoms with van der Waals surface area (Å²) in [4.78, 5) is 21.6. The Labute approximate surface area is 181 Å². The molecule has 2 saturated heterocycles. The highest BCUT2D eigenvalue weighted by molar-refractivity contribution is 7.13. The number of thiazole rings is 1. The zero-order valence-corrected chi connectivity index (χ0v) is 18.6. The smallest absolute Gasteiger partial charge is 0.276 e. The Morgan fingerprint density at radius 2 is 1.82 bits per heavy atom. The summed E-state index contributed by atoms with van der Waals surface area (Å²) in [5, 5.41) is 15.0. The minimum atomic E-state index is -0.00217. The Hall–Kier alpha value is -1.42. The van der Waals surface area contributed by atoms with E-state index in [1.807, 2.05) is 23.4 Å². The number of carbonyl (C=O) groups excluding carboxylic acids is 1. The van der Waals surface area contributed by atoms with Gasteiger partial charge in [0.05, 0.1) is 17.4 Å². The third-order valence-corrected chi connectivity index (χ3v) is 6.25. The van der Waals surface area contributed by atoms with Crippen molar-refractivity contribution in [3.63, 3.8) is 0 Å². The number of hydrogen-bond donors (Lipinski definition) is 1. The summed E-state index contributed by atoms with van der Waals surface area (Å²) >= 11 is 1.66. The number of rotatable bonds is 3. The zero-order chi connectivity index (χ0) is 18.1. The molecule has 8 nitrogen and oxygen atoms in total. The summed E-state index contributed by atoms with van der Waals surface area (Å²) in [6, 6.07) is 0.343. The molecule has 0 radical (unpaired) electrons. The van der Waals surface area contributed by atoms with E-state index in [4.69, 9.17) is 0 Å². The van der Waals surface area contributed by atoms with Crippen LogP contribution >= 0.6 is 36.2 Å². The first kappa shape index (κ1) is 22.9. The highest BCUT2D eigenvalue weighted by atomic mass is 35.5. The summed E-state index contributed by atoms with van der Waals surface area (Å²) in [5.41, 5.74) is 2.44. The largest absolute Gasteiger partial charge is 0.345 e. The number of anilines is 1. The second kappa shape index (κ2) is 9.87. The fourth-order valence-electron chi connectivity index (χ4n) is 3.67. The topological polar surface area (TPSA) is 79.2 Å². The summed E-state index contributed by atoms with van der Waals surface area (Å²) in [5.74, 6) is -0.00217. The van der Waals surface area contributed by atoms with Crippen LogP contribution in [-0.2, 0) is 0 Å². The van der Waals surface area contributed by atoms with E-state index in [9.17, 15) is 4.79 Å². The molecule has 0 aliphatic carbocycles. The lowest BCUT2D eigenvalue weighted by Gasteiger charge is -2.34. The first-order chi connectivity index (χ1) is 12.6. The maximum Gasteiger partial charge on any atom is 0.276 e. The maximum atomic E-state index is 12.9. The summed E-state index contributed by atoms with van der Waals surface area (Å²) in [6.45, 7) is 8.95. The number of piperidine rings is 1. The predicted octanol–water partition coefficient (Wildman–Crippen LogP) is 2.08. The van der Waals surface area contributed by atoms with Gasteiger partial charge in [-0.25, -0.2) is 9.67 Å². The zero-order valence-electron chi connectivity index (χ0n) is 16.1. The van der Waals surface area contributed by atoms with Crippen molar-refractivity contribution in [3.8, 4) is 0 Å². The third-order valence-electron chi connectivity index (χ3n) is 5.23. The average Bonchev–Trinajstić information content (AvgIpc) is 3.28. The van der Waals surface area contributed by atoms with E-state index in [1.54, 1.807) is 11.3 Å².